The molecule has 2 amide bonds. The minimum atomic E-state index is -1.35. The van der Waals surface area contributed by atoms with Gasteiger partial charge in [-0.05, 0) is 67.3 Å². The zero-order valence-electron chi connectivity index (χ0n) is 26.2. The number of carbonyl (C=O) groups excluding carboxylic acids is 3. The predicted octanol–water partition coefficient (Wildman–Crippen LogP) is 6.15. The molecule has 0 aliphatic rings. The lowest BCUT2D eigenvalue weighted by atomic mass is 10.0. The molecule has 10 heteroatoms. The van der Waals surface area contributed by atoms with Crippen LogP contribution in [0.4, 0.5) is 4.79 Å². The summed E-state index contributed by atoms with van der Waals surface area (Å²) in [5, 5.41) is 15.1. The average Bonchev–Trinajstić information content (AvgIpc) is 3.04. The van der Waals surface area contributed by atoms with Crippen molar-refractivity contribution >= 4 is 18.0 Å². The molecule has 0 saturated heterocycles. The normalized spacial score (nSPS) is 12.3. The van der Waals surface area contributed by atoms with Crippen LogP contribution < -0.4 is 20.1 Å². The Morgan fingerprint density at radius 3 is 1.70 bits per heavy atom. The molecule has 0 radical (unpaired) electrons. The van der Waals surface area contributed by atoms with Crippen molar-refractivity contribution in [1.29, 1.82) is 0 Å². The second kappa shape index (κ2) is 15.5. The van der Waals surface area contributed by atoms with Crippen LogP contribution in [0.3, 0.4) is 0 Å². The molecule has 4 aromatic carbocycles. The van der Waals surface area contributed by atoms with Gasteiger partial charge in [-0.15, -0.1) is 0 Å². The molecule has 240 valence electrons. The molecular weight excluding hydrogens is 588 g/mol. The van der Waals surface area contributed by atoms with E-state index in [-0.39, 0.29) is 19.0 Å². The topological polar surface area (TPSA) is 132 Å². The number of aromatic hydroxyl groups is 1. The van der Waals surface area contributed by atoms with E-state index in [4.69, 9.17) is 18.9 Å². The summed E-state index contributed by atoms with van der Waals surface area (Å²) >= 11 is 0. The molecule has 0 unspecified atom stereocenters. The third kappa shape index (κ3) is 10.0. The minimum absolute atomic E-state index is 0.0153. The van der Waals surface area contributed by atoms with Gasteiger partial charge in [-0.2, -0.15) is 0 Å². The summed E-state index contributed by atoms with van der Waals surface area (Å²) in [7, 11) is 1.20. The number of ether oxygens (including phenoxy) is 4. The number of carbonyl (C=O) groups is 3. The van der Waals surface area contributed by atoms with Gasteiger partial charge >= 0.3 is 12.1 Å². The zero-order valence-corrected chi connectivity index (χ0v) is 26.2. The zero-order chi connectivity index (χ0) is 33.1. The van der Waals surface area contributed by atoms with E-state index >= 15 is 0 Å². The van der Waals surface area contributed by atoms with Crippen molar-refractivity contribution in [1.82, 2.24) is 10.6 Å². The highest BCUT2D eigenvalue weighted by Gasteiger charge is 2.31. The molecule has 0 aromatic heterocycles. The van der Waals surface area contributed by atoms with E-state index in [0.29, 0.717) is 22.6 Å². The Bertz CT molecular complexity index is 1540. The molecule has 0 bridgehead atoms. The van der Waals surface area contributed by atoms with Crippen molar-refractivity contribution in [2.24, 2.45) is 0 Å². The quantitative estimate of drug-likeness (QED) is 0.160. The van der Waals surface area contributed by atoms with Crippen molar-refractivity contribution in [2.75, 3.05) is 7.11 Å². The smallest absolute Gasteiger partial charge is 0.408 e. The third-order valence-corrected chi connectivity index (χ3v) is 6.61. The number of hydrogen-bond acceptors (Lipinski definition) is 8. The Morgan fingerprint density at radius 1 is 0.696 bits per heavy atom. The summed E-state index contributed by atoms with van der Waals surface area (Å²) < 4.78 is 22.6. The van der Waals surface area contributed by atoms with E-state index in [1.807, 2.05) is 60.7 Å². The number of rotatable bonds is 12. The summed E-state index contributed by atoms with van der Waals surface area (Å²) in [4.78, 5) is 39.8. The largest absolute Gasteiger partial charge is 0.508 e. The number of nitrogens with one attached hydrogen (secondary N) is 2. The fourth-order valence-corrected chi connectivity index (χ4v) is 4.42. The van der Waals surface area contributed by atoms with Crippen LogP contribution >= 0.6 is 0 Å². The first kappa shape index (κ1) is 33.4. The second-order valence-corrected chi connectivity index (χ2v) is 11.4. The van der Waals surface area contributed by atoms with Crippen LogP contribution in [-0.2, 0) is 32.3 Å². The van der Waals surface area contributed by atoms with Crippen LogP contribution in [0.5, 0.6) is 17.2 Å². The van der Waals surface area contributed by atoms with Gasteiger partial charge in [0.25, 0.3) is 0 Å². The number of phenolic OH excluding ortho intramolecular Hbond substituents is 1. The number of phenols is 1. The van der Waals surface area contributed by atoms with Crippen LogP contribution in [0.1, 0.15) is 55.1 Å². The standard InChI is InChI=1S/C36H38N2O8/c1-36(2,3)46-35(42)38-31(33(40)37-32(34(41)43-4)26-15-17-28(39)18-16-26)27-19-29(44-22-24-11-7-5-8-12-24)21-30(20-27)45-23-25-13-9-6-10-14-25/h5-21,31-32,39H,22-23H2,1-4H3,(H,37,40)(H,38,42)/t31-,32+/m1/s1. The van der Waals surface area contributed by atoms with Gasteiger partial charge in [-0.25, -0.2) is 9.59 Å². The highest BCUT2D eigenvalue weighted by atomic mass is 16.6. The lowest BCUT2D eigenvalue weighted by Crippen LogP contribution is -2.45. The van der Waals surface area contributed by atoms with E-state index in [2.05, 4.69) is 10.6 Å². The Labute approximate surface area is 268 Å². The van der Waals surface area contributed by atoms with Gasteiger partial charge in [0.2, 0.25) is 5.91 Å². The molecule has 0 spiro atoms. The van der Waals surface area contributed by atoms with Crippen molar-refractivity contribution < 1.29 is 38.4 Å². The average molecular weight is 627 g/mol. The maximum Gasteiger partial charge on any atom is 0.408 e. The monoisotopic (exact) mass is 626 g/mol. The van der Waals surface area contributed by atoms with E-state index in [9.17, 15) is 19.5 Å². The fourth-order valence-electron chi connectivity index (χ4n) is 4.42. The summed E-state index contributed by atoms with van der Waals surface area (Å²) in [5.41, 5.74) is 1.68. The molecule has 2 atom stereocenters. The molecule has 46 heavy (non-hydrogen) atoms. The molecule has 0 aliphatic heterocycles. The molecule has 3 N–H and O–H groups in total. The maximum absolute atomic E-state index is 14.0. The van der Waals surface area contributed by atoms with Gasteiger partial charge in [-0.3, -0.25) is 4.79 Å². The lowest BCUT2D eigenvalue weighted by Gasteiger charge is -2.26. The Hall–Kier alpha value is -5.51. The number of methoxy groups -OCH3 is 1. The lowest BCUT2D eigenvalue weighted by molar-refractivity contribution is -0.145. The molecular formula is C36H38N2O8. The second-order valence-electron chi connectivity index (χ2n) is 11.4. The highest BCUT2D eigenvalue weighted by molar-refractivity contribution is 5.91. The molecule has 0 saturated carbocycles. The first-order valence-corrected chi connectivity index (χ1v) is 14.7. The van der Waals surface area contributed by atoms with Crippen LogP contribution in [-0.4, -0.2) is 35.8 Å². The predicted molar refractivity (Wildman–Crippen MR) is 171 cm³/mol. The first-order valence-electron chi connectivity index (χ1n) is 14.7. The number of amides is 2. The molecule has 0 fully saturated rings. The Balaban J connectivity index is 1.71. The van der Waals surface area contributed by atoms with Gasteiger partial charge in [0.05, 0.1) is 7.11 Å². The first-order chi connectivity index (χ1) is 22.0. The summed E-state index contributed by atoms with van der Waals surface area (Å²) in [6.45, 7) is 5.59. The Kier molecular flexibility index (Phi) is 11.2. The van der Waals surface area contributed by atoms with E-state index in [0.717, 1.165) is 11.1 Å². The molecule has 4 rings (SSSR count). The SMILES string of the molecule is COC(=O)[C@@H](NC(=O)[C@H](NC(=O)OC(C)(C)C)c1cc(OCc2ccccc2)cc(OCc2ccccc2)c1)c1ccc(O)cc1. The van der Waals surface area contributed by atoms with Crippen molar-refractivity contribution in [3.8, 4) is 17.2 Å². The van der Waals surface area contributed by atoms with Crippen molar-refractivity contribution in [3.05, 3.63) is 125 Å². The fraction of sp³-hybridized carbons (Fsp3) is 0.250. The number of hydrogen-bond donors (Lipinski definition) is 3. The third-order valence-electron chi connectivity index (χ3n) is 6.61. The summed E-state index contributed by atoms with van der Waals surface area (Å²) in [5.74, 6) is -0.725. The van der Waals surface area contributed by atoms with Crippen LogP contribution in [0.2, 0.25) is 0 Å². The van der Waals surface area contributed by atoms with Gasteiger partial charge in [0.1, 0.15) is 42.1 Å². The van der Waals surface area contributed by atoms with E-state index in [1.54, 1.807) is 39.0 Å². The Morgan fingerprint density at radius 2 is 1.22 bits per heavy atom. The summed E-state index contributed by atoms with van der Waals surface area (Å²) in [6, 6.07) is 27.2. The van der Waals surface area contributed by atoms with Gasteiger partial charge in [0, 0.05) is 6.07 Å². The van der Waals surface area contributed by atoms with Crippen molar-refractivity contribution in [2.45, 2.75) is 51.7 Å². The van der Waals surface area contributed by atoms with Crippen LogP contribution in [0, 0.1) is 0 Å². The molecule has 0 aliphatic carbocycles. The van der Waals surface area contributed by atoms with Crippen LogP contribution in [0.15, 0.2) is 103 Å². The van der Waals surface area contributed by atoms with Gasteiger partial charge in [0.15, 0.2) is 6.04 Å². The molecule has 10 nitrogen and oxygen atoms in total. The maximum atomic E-state index is 14.0. The van der Waals surface area contributed by atoms with Crippen molar-refractivity contribution in [3.63, 3.8) is 0 Å². The van der Waals surface area contributed by atoms with Gasteiger partial charge < -0.3 is 34.7 Å². The molecule has 4 aromatic rings. The highest BCUT2D eigenvalue weighted by Crippen LogP contribution is 2.30. The van der Waals surface area contributed by atoms with Crippen LogP contribution in [0.25, 0.3) is 0 Å². The number of esters is 1. The number of alkyl carbamates (subject to hydrolysis) is 1. The van der Waals surface area contributed by atoms with E-state index < -0.39 is 35.7 Å². The summed E-state index contributed by atoms with van der Waals surface area (Å²) in [6.07, 6.45) is -0.853. The number of benzene rings is 4. The molecule has 0 heterocycles. The van der Waals surface area contributed by atoms with Gasteiger partial charge in [-0.1, -0.05) is 72.8 Å². The minimum Gasteiger partial charge on any atom is -0.508 e. The van der Waals surface area contributed by atoms with E-state index in [1.165, 1.54) is 31.4 Å².